The molecule has 128 valence electrons. The summed E-state index contributed by atoms with van der Waals surface area (Å²) in [4.78, 5) is 41.7. The van der Waals surface area contributed by atoms with Crippen molar-refractivity contribution < 1.29 is 14.4 Å². The Hall–Kier alpha value is -2.44. The molecule has 1 aromatic rings. The molecule has 2 aliphatic rings. The third-order valence-corrected chi connectivity index (χ3v) is 4.68. The molecule has 2 fully saturated rings. The van der Waals surface area contributed by atoms with E-state index < -0.39 is 0 Å². The monoisotopic (exact) mass is 330 g/mol. The molecule has 2 atom stereocenters. The van der Waals surface area contributed by atoms with Crippen molar-refractivity contribution in [1.82, 2.24) is 20.5 Å². The number of imide groups is 1. The topological polar surface area (TPSA) is 91.4 Å². The molecular formula is C17H22N4O3. The number of hydrogen-bond acceptors (Lipinski definition) is 4. The lowest BCUT2D eigenvalue weighted by Gasteiger charge is -2.39. The smallest absolute Gasteiger partial charge is 0.324 e. The van der Waals surface area contributed by atoms with Crippen molar-refractivity contribution in [3.63, 3.8) is 0 Å². The van der Waals surface area contributed by atoms with Gasteiger partial charge in [-0.1, -0.05) is 18.9 Å². The number of hydrogen-bond donors (Lipinski definition) is 2. The summed E-state index contributed by atoms with van der Waals surface area (Å²) in [7, 11) is 0. The molecular weight excluding hydrogens is 308 g/mol. The van der Waals surface area contributed by atoms with E-state index in [2.05, 4.69) is 15.6 Å². The number of pyridine rings is 1. The minimum Gasteiger partial charge on any atom is -0.352 e. The fraction of sp³-hybridized carbons (Fsp3) is 0.529. The number of urea groups is 1. The summed E-state index contributed by atoms with van der Waals surface area (Å²) in [5.74, 6) is -0.455. The molecule has 2 unspecified atom stereocenters. The van der Waals surface area contributed by atoms with Gasteiger partial charge in [-0.05, 0) is 24.5 Å². The average Bonchev–Trinajstić information content (AvgIpc) is 2.60. The van der Waals surface area contributed by atoms with Crippen LogP contribution in [0.15, 0.2) is 24.5 Å². The summed E-state index contributed by atoms with van der Waals surface area (Å²) in [6.07, 6.45) is 7.20. The van der Waals surface area contributed by atoms with Crippen molar-refractivity contribution in [1.29, 1.82) is 0 Å². The highest BCUT2D eigenvalue weighted by Crippen LogP contribution is 2.29. The van der Waals surface area contributed by atoms with Gasteiger partial charge in [0.2, 0.25) is 11.8 Å². The van der Waals surface area contributed by atoms with Crippen LogP contribution < -0.4 is 10.6 Å². The molecule has 0 aromatic carbocycles. The van der Waals surface area contributed by atoms with Gasteiger partial charge in [0, 0.05) is 37.9 Å². The first-order valence-corrected chi connectivity index (χ1v) is 8.42. The lowest BCUT2D eigenvalue weighted by molar-refractivity contribution is -0.136. The van der Waals surface area contributed by atoms with Crippen molar-refractivity contribution in [2.24, 2.45) is 5.92 Å². The molecule has 1 aromatic heterocycles. The van der Waals surface area contributed by atoms with E-state index in [0.29, 0.717) is 6.54 Å². The van der Waals surface area contributed by atoms with Crippen LogP contribution >= 0.6 is 0 Å². The average molecular weight is 330 g/mol. The molecule has 0 spiro atoms. The highest BCUT2D eigenvalue weighted by Gasteiger charge is 2.41. The first-order valence-electron chi connectivity index (χ1n) is 8.42. The minimum absolute atomic E-state index is 0.0330. The van der Waals surface area contributed by atoms with Gasteiger partial charge < -0.3 is 10.6 Å². The van der Waals surface area contributed by atoms with Crippen LogP contribution in [-0.2, 0) is 16.1 Å². The third kappa shape index (κ3) is 3.72. The van der Waals surface area contributed by atoms with E-state index in [1.165, 1.54) is 4.90 Å². The molecule has 2 heterocycles. The second-order valence-electron chi connectivity index (χ2n) is 6.32. The fourth-order valence-electron chi connectivity index (χ4n) is 3.35. The van der Waals surface area contributed by atoms with Gasteiger partial charge in [0.05, 0.1) is 5.92 Å². The predicted molar refractivity (Wildman–Crippen MR) is 86.7 cm³/mol. The quantitative estimate of drug-likeness (QED) is 0.848. The summed E-state index contributed by atoms with van der Waals surface area (Å²) < 4.78 is 0. The molecule has 1 saturated heterocycles. The van der Waals surface area contributed by atoms with E-state index in [-0.39, 0.29) is 42.8 Å². The zero-order valence-corrected chi connectivity index (χ0v) is 13.5. The van der Waals surface area contributed by atoms with Gasteiger partial charge in [-0.15, -0.1) is 0 Å². The first-order chi connectivity index (χ1) is 11.6. The Morgan fingerprint density at radius 3 is 2.96 bits per heavy atom. The number of amides is 4. The van der Waals surface area contributed by atoms with E-state index in [4.69, 9.17) is 0 Å². The maximum Gasteiger partial charge on any atom is 0.324 e. The normalized spacial score (nSPS) is 23.4. The van der Waals surface area contributed by atoms with E-state index in [9.17, 15) is 14.4 Å². The number of carbonyl (C=O) groups excluding carboxylic acids is 3. The Morgan fingerprint density at radius 1 is 1.33 bits per heavy atom. The molecule has 0 radical (unpaired) electrons. The highest BCUT2D eigenvalue weighted by atomic mass is 16.2. The molecule has 7 heteroatoms. The Labute approximate surface area is 140 Å². The van der Waals surface area contributed by atoms with Gasteiger partial charge in [-0.3, -0.25) is 19.5 Å². The van der Waals surface area contributed by atoms with E-state index in [0.717, 1.165) is 31.2 Å². The van der Waals surface area contributed by atoms with Gasteiger partial charge >= 0.3 is 6.03 Å². The lowest BCUT2D eigenvalue weighted by atomic mass is 9.82. The molecule has 24 heavy (non-hydrogen) atoms. The van der Waals surface area contributed by atoms with Crippen LogP contribution in [0.4, 0.5) is 4.79 Å². The summed E-state index contributed by atoms with van der Waals surface area (Å²) in [5, 5.41) is 5.68. The summed E-state index contributed by atoms with van der Waals surface area (Å²) in [6, 6.07) is 3.27. The number of rotatable bonds is 5. The van der Waals surface area contributed by atoms with Gasteiger partial charge in [-0.2, -0.15) is 0 Å². The Balaban J connectivity index is 1.49. The van der Waals surface area contributed by atoms with Crippen molar-refractivity contribution >= 4 is 17.8 Å². The standard InChI is InChI=1S/C17H22N4O3/c22-15(19-11-12-4-3-8-18-10-12)7-9-21-16(23)13-5-1-2-6-14(13)20-17(21)24/h3-4,8,10,13-14H,1-2,5-7,9,11H2,(H,19,22)(H,20,24). The number of fused-ring (bicyclic) bond motifs is 1. The van der Waals surface area contributed by atoms with Crippen LogP contribution in [0.1, 0.15) is 37.7 Å². The van der Waals surface area contributed by atoms with Crippen LogP contribution in [0.5, 0.6) is 0 Å². The largest absolute Gasteiger partial charge is 0.352 e. The van der Waals surface area contributed by atoms with Crippen molar-refractivity contribution in [3.05, 3.63) is 30.1 Å². The van der Waals surface area contributed by atoms with Crippen LogP contribution in [-0.4, -0.2) is 40.3 Å². The molecule has 1 aliphatic carbocycles. The summed E-state index contributed by atoms with van der Waals surface area (Å²) in [5.41, 5.74) is 0.905. The van der Waals surface area contributed by atoms with Crippen molar-refractivity contribution in [2.75, 3.05) is 6.54 Å². The Kier molecular flexibility index (Phi) is 5.08. The van der Waals surface area contributed by atoms with Crippen LogP contribution in [0, 0.1) is 5.92 Å². The molecule has 0 bridgehead atoms. The van der Waals surface area contributed by atoms with Crippen LogP contribution in [0.2, 0.25) is 0 Å². The van der Waals surface area contributed by atoms with E-state index in [1.54, 1.807) is 18.5 Å². The van der Waals surface area contributed by atoms with Crippen LogP contribution in [0.25, 0.3) is 0 Å². The number of nitrogens with one attached hydrogen (secondary N) is 2. The van der Waals surface area contributed by atoms with E-state index >= 15 is 0 Å². The second kappa shape index (κ2) is 7.42. The molecule has 1 saturated carbocycles. The molecule has 4 amide bonds. The second-order valence-corrected chi connectivity index (χ2v) is 6.32. The zero-order valence-electron chi connectivity index (χ0n) is 13.5. The van der Waals surface area contributed by atoms with Gasteiger partial charge in [0.15, 0.2) is 0 Å². The SMILES string of the molecule is O=C(CCN1C(=O)NC2CCCCC2C1=O)NCc1cccnc1. The van der Waals surface area contributed by atoms with Gasteiger partial charge in [0.25, 0.3) is 0 Å². The number of aromatic nitrogens is 1. The number of carbonyl (C=O) groups is 3. The van der Waals surface area contributed by atoms with Crippen molar-refractivity contribution in [3.8, 4) is 0 Å². The maximum atomic E-state index is 12.5. The van der Waals surface area contributed by atoms with Crippen LogP contribution in [0.3, 0.4) is 0 Å². The first kappa shape index (κ1) is 16.4. The summed E-state index contributed by atoms with van der Waals surface area (Å²) in [6.45, 7) is 0.504. The molecule has 3 rings (SSSR count). The lowest BCUT2D eigenvalue weighted by Crippen LogP contribution is -2.61. The van der Waals surface area contributed by atoms with Gasteiger partial charge in [-0.25, -0.2) is 4.79 Å². The fourth-order valence-corrected chi connectivity index (χ4v) is 3.35. The van der Waals surface area contributed by atoms with Gasteiger partial charge in [0.1, 0.15) is 0 Å². The molecule has 2 N–H and O–H groups in total. The number of nitrogens with zero attached hydrogens (tertiary/aromatic N) is 2. The Morgan fingerprint density at radius 2 is 2.17 bits per heavy atom. The third-order valence-electron chi connectivity index (χ3n) is 4.68. The molecule has 7 nitrogen and oxygen atoms in total. The minimum atomic E-state index is -0.372. The highest BCUT2D eigenvalue weighted by molar-refractivity contribution is 5.99. The zero-order chi connectivity index (χ0) is 16.9. The van der Waals surface area contributed by atoms with Crippen molar-refractivity contribution in [2.45, 2.75) is 44.7 Å². The maximum absolute atomic E-state index is 12.5. The molecule has 1 aliphatic heterocycles. The Bertz CT molecular complexity index is 620. The predicted octanol–water partition coefficient (Wildman–Crippen LogP) is 1.20. The summed E-state index contributed by atoms with van der Waals surface area (Å²) >= 11 is 0. The van der Waals surface area contributed by atoms with E-state index in [1.807, 2.05) is 6.07 Å².